The van der Waals surface area contributed by atoms with E-state index in [0.29, 0.717) is 11.4 Å². The number of nitrogen functional groups attached to an aromatic ring is 1. The van der Waals surface area contributed by atoms with Crippen LogP contribution in [0.25, 0.3) is 0 Å². The Hall–Kier alpha value is -0.760. The molecule has 0 heterocycles. The summed E-state index contributed by atoms with van der Waals surface area (Å²) in [5.74, 6) is 0.425. The summed E-state index contributed by atoms with van der Waals surface area (Å²) < 4.78 is 25.6. The highest BCUT2D eigenvalue weighted by Gasteiger charge is 2.31. The molecule has 5 nitrogen and oxygen atoms in total. The molecule has 0 aliphatic heterocycles. The topological polar surface area (TPSA) is 83.6 Å². The first-order chi connectivity index (χ1) is 9.20. The van der Waals surface area contributed by atoms with Crippen molar-refractivity contribution in [2.24, 2.45) is 0 Å². The molecule has 7 heteroatoms. The number of rotatable bonds is 7. The average Bonchev–Trinajstić information content (AvgIpc) is 2.40. The Morgan fingerprint density at radius 1 is 1.35 bits per heavy atom. The monoisotopic (exact) mass is 318 g/mol. The van der Waals surface area contributed by atoms with Crippen molar-refractivity contribution in [3.63, 3.8) is 0 Å². The van der Waals surface area contributed by atoms with E-state index in [9.17, 15) is 13.5 Å². The Kier molecular flexibility index (Phi) is 5.88. The zero-order valence-corrected chi connectivity index (χ0v) is 13.7. The van der Waals surface area contributed by atoms with Crippen LogP contribution in [0.5, 0.6) is 0 Å². The maximum atomic E-state index is 12.2. The van der Waals surface area contributed by atoms with Crippen LogP contribution >= 0.6 is 11.8 Å². The largest absolute Gasteiger partial charge is 0.398 e. The van der Waals surface area contributed by atoms with Crippen molar-refractivity contribution in [3.05, 3.63) is 24.3 Å². The van der Waals surface area contributed by atoms with Crippen LogP contribution < -0.4 is 5.73 Å². The van der Waals surface area contributed by atoms with Crippen LogP contribution in [0.15, 0.2) is 29.2 Å². The van der Waals surface area contributed by atoms with Gasteiger partial charge in [0.1, 0.15) is 0 Å². The molecule has 0 bridgehead atoms. The van der Waals surface area contributed by atoms with Gasteiger partial charge in [0.2, 0.25) is 10.0 Å². The summed E-state index contributed by atoms with van der Waals surface area (Å²) in [5, 5.41) is 9.24. The van der Waals surface area contributed by atoms with Crippen LogP contribution in [0.2, 0.25) is 0 Å². The number of para-hydroxylation sites is 1. The smallest absolute Gasteiger partial charge is 0.215 e. The van der Waals surface area contributed by atoms with Gasteiger partial charge in [-0.25, -0.2) is 8.42 Å². The third-order valence-corrected chi connectivity index (χ3v) is 6.57. The van der Waals surface area contributed by atoms with Gasteiger partial charge in [0, 0.05) is 23.4 Å². The summed E-state index contributed by atoms with van der Waals surface area (Å²) in [6.45, 7) is 3.15. The number of aliphatic hydroxyl groups is 1. The van der Waals surface area contributed by atoms with E-state index in [-0.39, 0.29) is 12.4 Å². The predicted octanol–water partition coefficient (Wildman–Crippen LogP) is 1.39. The normalized spacial score (nSPS) is 12.8. The fourth-order valence-corrected chi connectivity index (χ4v) is 4.37. The van der Waals surface area contributed by atoms with E-state index in [0.717, 1.165) is 4.90 Å². The highest BCUT2D eigenvalue weighted by atomic mass is 32.2. The summed E-state index contributed by atoms with van der Waals surface area (Å²) in [7, 11) is -1.91. The van der Waals surface area contributed by atoms with Crippen LogP contribution in [0, 0.1) is 0 Å². The van der Waals surface area contributed by atoms with Crippen LogP contribution in [0.4, 0.5) is 5.69 Å². The van der Waals surface area contributed by atoms with Gasteiger partial charge in [-0.3, -0.25) is 0 Å². The molecule has 1 aromatic rings. The number of aliphatic hydroxyl groups excluding tert-OH is 1. The second-order valence-electron chi connectivity index (χ2n) is 5.14. The van der Waals surface area contributed by atoms with Gasteiger partial charge < -0.3 is 10.8 Å². The summed E-state index contributed by atoms with van der Waals surface area (Å²) in [5.41, 5.74) is 5.66. The van der Waals surface area contributed by atoms with E-state index < -0.39 is 15.6 Å². The molecule has 1 rings (SSSR count). The molecule has 3 N–H and O–H groups in total. The van der Waals surface area contributed by atoms with E-state index in [4.69, 9.17) is 5.73 Å². The second-order valence-corrected chi connectivity index (χ2v) is 8.40. The zero-order valence-electron chi connectivity index (χ0n) is 12.0. The number of anilines is 1. The lowest BCUT2D eigenvalue weighted by molar-refractivity contribution is 0.138. The molecule has 20 heavy (non-hydrogen) atoms. The van der Waals surface area contributed by atoms with Gasteiger partial charge in [-0.15, -0.1) is 11.8 Å². The van der Waals surface area contributed by atoms with E-state index >= 15 is 0 Å². The van der Waals surface area contributed by atoms with Crippen molar-refractivity contribution in [1.29, 1.82) is 0 Å². The summed E-state index contributed by atoms with van der Waals surface area (Å²) in [4.78, 5) is 0.881. The molecule has 0 saturated carbocycles. The molecule has 0 aromatic heterocycles. The van der Waals surface area contributed by atoms with Gasteiger partial charge in [-0.1, -0.05) is 12.1 Å². The van der Waals surface area contributed by atoms with Gasteiger partial charge in [0.25, 0.3) is 0 Å². The third-order valence-electron chi connectivity index (χ3n) is 3.17. The number of nitrogens with zero attached hydrogens (tertiary/aromatic N) is 1. The van der Waals surface area contributed by atoms with Gasteiger partial charge in [0.15, 0.2) is 0 Å². The minimum Gasteiger partial charge on any atom is -0.398 e. The number of likely N-dealkylation sites (N-methyl/N-ethyl adjacent to an activating group) is 1. The lowest BCUT2D eigenvalue weighted by Gasteiger charge is -2.32. The van der Waals surface area contributed by atoms with Crippen LogP contribution in [0.3, 0.4) is 0 Å². The van der Waals surface area contributed by atoms with Crippen molar-refractivity contribution in [2.45, 2.75) is 24.3 Å². The van der Waals surface area contributed by atoms with Crippen LogP contribution in [-0.2, 0) is 10.0 Å². The first-order valence-corrected chi connectivity index (χ1v) is 8.85. The molecule has 0 aliphatic rings. The average molecular weight is 318 g/mol. The van der Waals surface area contributed by atoms with Crippen molar-refractivity contribution >= 4 is 27.5 Å². The van der Waals surface area contributed by atoms with E-state index in [1.165, 1.54) is 23.1 Å². The molecular formula is C13H22N2O3S2. The molecule has 0 radical (unpaired) electrons. The Morgan fingerprint density at radius 2 is 1.95 bits per heavy atom. The minimum absolute atomic E-state index is 0.00588. The van der Waals surface area contributed by atoms with Crippen molar-refractivity contribution in [3.8, 4) is 0 Å². The van der Waals surface area contributed by atoms with E-state index in [1.54, 1.807) is 19.9 Å². The fourth-order valence-electron chi connectivity index (χ4n) is 1.48. The Labute approximate surface area is 125 Å². The molecule has 114 valence electrons. The van der Waals surface area contributed by atoms with E-state index in [1.807, 2.05) is 18.2 Å². The first kappa shape index (κ1) is 17.3. The van der Waals surface area contributed by atoms with Crippen molar-refractivity contribution in [2.75, 3.05) is 30.9 Å². The second kappa shape index (κ2) is 6.80. The number of hydrogen-bond donors (Lipinski definition) is 2. The molecule has 0 saturated heterocycles. The van der Waals surface area contributed by atoms with Crippen molar-refractivity contribution < 1.29 is 13.5 Å². The van der Waals surface area contributed by atoms with Gasteiger partial charge >= 0.3 is 0 Å². The molecule has 0 amide bonds. The quantitative estimate of drug-likeness (QED) is 0.586. The number of benzene rings is 1. The van der Waals surface area contributed by atoms with Gasteiger partial charge in [0.05, 0.1) is 17.9 Å². The minimum atomic E-state index is -3.40. The SMILES string of the molecule is CN(C(C)(C)CO)S(=O)(=O)CCSc1ccccc1N. The van der Waals surface area contributed by atoms with Crippen molar-refractivity contribution in [1.82, 2.24) is 4.31 Å². The zero-order chi connectivity index (χ0) is 15.4. The maximum Gasteiger partial charge on any atom is 0.215 e. The Morgan fingerprint density at radius 3 is 2.50 bits per heavy atom. The predicted molar refractivity (Wildman–Crippen MR) is 84.3 cm³/mol. The number of hydrogen-bond acceptors (Lipinski definition) is 5. The standard InChI is InChI=1S/C13H22N2O3S2/c1-13(2,10-16)15(3)20(17,18)9-8-19-12-7-5-4-6-11(12)14/h4-7,16H,8-10,14H2,1-3H3. The first-order valence-electron chi connectivity index (χ1n) is 6.25. The molecule has 0 fully saturated rings. The summed E-state index contributed by atoms with van der Waals surface area (Å²) >= 11 is 1.42. The molecule has 0 aliphatic carbocycles. The number of sulfonamides is 1. The van der Waals surface area contributed by atoms with Crippen LogP contribution in [-0.4, -0.2) is 48.5 Å². The summed E-state index contributed by atoms with van der Waals surface area (Å²) in [6, 6.07) is 7.37. The Bertz CT molecular complexity index is 544. The van der Waals surface area contributed by atoms with E-state index in [2.05, 4.69) is 0 Å². The number of nitrogens with two attached hydrogens (primary N) is 1. The number of thioether (sulfide) groups is 1. The lowest BCUT2D eigenvalue weighted by Crippen LogP contribution is -2.48. The fraction of sp³-hybridized carbons (Fsp3) is 0.538. The van der Waals surface area contributed by atoms with Crippen LogP contribution in [0.1, 0.15) is 13.8 Å². The highest BCUT2D eigenvalue weighted by Crippen LogP contribution is 2.25. The lowest BCUT2D eigenvalue weighted by atomic mass is 10.1. The third kappa shape index (κ3) is 4.37. The Balaban J connectivity index is 2.63. The highest BCUT2D eigenvalue weighted by molar-refractivity contribution is 8.00. The molecule has 0 atom stereocenters. The maximum absolute atomic E-state index is 12.2. The summed E-state index contributed by atoms with van der Waals surface area (Å²) in [6.07, 6.45) is 0. The molecule has 0 unspecified atom stereocenters. The van der Waals surface area contributed by atoms with Gasteiger partial charge in [-0.2, -0.15) is 4.31 Å². The van der Waals surface area contributed by atoms with Gasteiger partial charge in [-0.05, 0) is 26.0 Å². The molecule has 0 spiro atoms. The molecular weight excluding hydrogens is 296 g/mol. The molecule has 1 aromatic carbocycles.